The minimum absolute atomic E-state index is 0.112. The fourth-order valence-electron chi connectivity index (χ4n) is 2.49. The lowest BCUT2D eigenvalue weighted by Gasteiger charge is -2.10. The maximum atomic E-state index is 12.1. The van der Waals surface area contributed by atoms with Crippen LogP contribution in [-0.4, -0.2) is 33.7 Å². The molecule has 0 radical (unpaired) electrons. The smallest absolute Gasteiger partial charge is 0.271 e. The van der Waals surface area contributed by atoms with E-state index in [0.717, 1.165) is 31.4 Å². The summed E-state index contributed by atoms with van der Waals surface area (Å²) in [6.07, 6.45) is 8.34. The topological polar surface area (TPSA) is 95.5 Å². The highest BCUT2D eigenvalue weighted by atomic mass is 32.1. The zero-order valence-electron chi connectivity index (χ0n) is 14.2. The third-order valence-electron chi connectivity index (χ3n) is 3.91. The highest BCUT2D eigenvalue weighted by Gasteiger charge is 2.26. The third-order valence-corrected chi connectivity index (χ3v) is 4.13. The zero-order valence-corrected chi connectivity index (χ0v) is 15.1. The first-order valence-corrected chi connectivity index (χ1v) is 8.88. The van der Waals surface area contributed by atoms with Gasteiger partial charge in [0.1, 0.15) is 6.04 Å². The van der Waals surface area contributed by atoms with E-state index >= 15 is 0 Å². The van der Waals surface area contributed by atoms with E-state index in [1.54, 1.807) is 24.5 Å². The Morgan fingerprint density at radius 2 is 2.08 bits per heavy atom. The summed E-state index contributed by atoms with van der Waals surface area (Å²) in [5.41, 5.74) is 3.98. The van der Waals surface area contributed by atoms with Crippen LogP contribution in [-0.2, 0) is 4.79 Å². The molecule has 2 heterocycles. The molecule has 3 N–H and O–H groups in total. The molecule has 0 saturated carbocycles. The first-order chi connectivity index (χ1) is 12.1. The highest BCUT2D eigenvalue weighted by molar-refractivity contribution is 7.80. The summed E-state index contributed by atoms with van der Waals surface area (Å²) in [4.78, 5) is 27.7. The van der Waals surface area contributed by atoms with Crippen LogP contribution in [0.4, 0.5) is 0 Å². The van der Waals surface area contributed by atoms with Crippen LogP contribution < -0.4 is 16.1 Å². The molecule has 0 unspecified atom stereocenters. The monoisotopic (exact) mass is 361 g/mol. The van der Waals surface area contributed by atoms with Gasteiger partial charge >= 0.3 is 0 Å². The van der Waals surface area contributed by atoms with Gasteiger partial charge in [0.05, 0.1) is 0 Å². The number of pyridine rings is 1. The van der Waals surface area contributed by atoms with E-state index in [9.17, 15) is 9.59 Å². The molecular weight excluding hydrogens is 338 g/mol. The van der Waals surface area contributed by atoms with Crippen molar-refractivity contribution in [3.05, 3.63) is 30.1 Å². The van der Waals surface area contributed by atoms with Gasteiger partial charge in [-0.25, -0.2) is 5.43 Å². The number of hydrogen-bond acceptors (Lipinski definition) is 5. The lowest BCUT2D eigenvalue weighted by atomic mass is 10.0. The number of hydrazone groups is 1. The van der Waals surface area contributed by atoms with Crippen LogP contribution in [0.2, 0.25) is 0 Å². The van der Waals surface area contributed by atoms with Crippen molar-refractivity contribution < 1.29 is 9.59 Å². The molecular formula is C17H23N5O2S. The van der Waals surface area contributed by atoms with Crippen molar-refractivity contribution in [2.45, 2.75) is 51.5 Å². The second-order valence-electron chi connectivity index (χ2n) is 5.87. The average Bonchev–Trinajstić information content (AvgIpc) is 2.94. The second-order valence-corrected chi connectivity index (χ2v) is 6.27. The fourth-order valence-corrected chi connectivity index (χ4v) is 2.73. The van der Waals surface area contributed by atoms with E-state index in [4.69, 9.17) is 12.2 Å². The molecule has 1 fully saturated rings. The summed E-state index contributed by atoms with van der Waals surface area (Å²) < 4.78 is 0. The number of aromatic nitrogens is 1. The molecule has 1 aromatic heterocycles. The maximum Gasteiger partial charge on any atom is 0.271 e. The molecule has 1 aliphatic rings. The van der Waals surface area contributed by atoms with Gasteiger partial charge in [0.15, 0.2) is 5.11 Å². The van der Waals surface area contributed by atoms with Crippen LogP contribution in [0.1, 0.15) is 55.8 Å². The predicted octanol–water partition coefficient (Wildman–Crippen LogP) is 1.90. The van der Waals surface area contributed by atoms with E-state index in [2.05, 4.69) is 33.1 Å². The Balaban J connectivity index is 1.93. The number of carbonyl (C=O) groups is 2. The average molecular weight is 361 g/mol. The van der Waals surface area contributed by atoms with E-state index in [-0.39, 0.29) is 17.9 Å². The quantitative estimate of drug-likeness (QED) is 0.270. The number of thiocarbonyl (C=S) groups is 1. The predicted molar refractivity (Wildman–Crippen MR) is 100 cm³/mol. The number of nitrogens with zero attached hydrogens (tertiary/aromatic N) is 2. The van der Waals surface area contributed by atoms with E-state index in [1.165, 1.54) is 0 Å². The van der Waals surface area contributed by atoms with Crippen molar-refractivity contribution in [3.63, 3.8) is 0 Å². The second kappa shape index (κ2) is 9.83. The Kier molecular flexibility index (Phi) is 7.46. The van der Waals surface area contributed by atoms with Crippen molar-refractivity contribution in [1.82, 2.24) is 21.0 Å². The molecule has 2 rings (SSSR count). The molecule has 0 aliphatic carbocycles. The van der Waals surface area contributed by atoms with E-state index in [1.807, 2.05) is 0 Å². The summed E-state index contributed by atoms with van der Waals surface area (Å²) in [6.45, 7) is 2.13. The minimum atomic E-state index is -0.334. The number of rotatable bonds is 9. The molecule has 8 heteroatoms. The molecule has 1 aromatic rings. The van der Waals surface area contributed by atoms with Crippen LogP contribution in [0.25, 0.3) is 0 Å². The van der Waals surface area contributed by atoms with Crippen molar-refractivity contribution in [2.75, 3.05) is 0 Å². The van der Waals surface area contributed by atoms with Gasteiger partial charge in [-0.15, -0.1) is 0 Å². The van der Waals surface area contributed by atoms with Crippen LogP contribution in [0.15, 0.2) is 29.6 Å². The molecule has 1 saturated heterocycles. The first kappa shape index (κ1) is 19.0. The molecule has 7 nitrogen and oxygen atoms in total. The molecule has 1 atom stereocenters. The van der Waals surface area contributed by atoms with Crippen molar-refractivity contribution in [3.8, 4) is 0 Å². The Bertz CT molecular complexity index is 648. The number of unbranched alkanes of at least 4 members (excludes halogenated alkanes) is 2. The molecule has 25 heavy (non-hydrogen) atoms. The summed E-state index contributed by atoms with van der Waals surface area (Å²) in [5, 5.41) is 10.2. The number of nitrogens with one attached hydrogen (secondary N) is 3. The molecule has 1 aliphatic heterocycles. The lowest BCUT2D eigenvalue weighted by molar-refractivity contribution is -0.120. The van der Waals surface area contributed by atoms with Crippen molar-refractivity contribution >= 4 is 34.9 Å². The van der Waals surface area contributed by atoms with Crippen LogP contribution >= 0.6 is 12.2 Å². The Labute approximate surface area is 152 Å². The summed E-state index contributed by atoms with van der Waals surface area (Å²) >= 11 is 4.94. The molecule has 134 valence electrons. The van der Waals surface area contributed by atoms with Crippen molar-refractivity contribution in [2.24, 2.45) is 5.10 Å². The fraction of sp³-hybridized carbons (Fsp3) is 0.471. The standard InChI is InChI=1S/C17H23N5O2S/c1-2-3-4-5-13(6-7-14-16(24)20-17(25)19-14)21-22-15(23)12-8-10-18-11-9-12/h8-11,14H,2-7H2,1H3,(H,22,23)(H2,19,20,24,25)/b21-13-/t14-/m0/s1. The van der Waals surface area contributed by atoms with E-state index in [0.29, 0.717) is 23.5 Å². The van der Waals surface area contributed by atoms with Crippen LogP contribution in [0, 0.1) is 0 Å². The van der Waals surface area contributed by atoms with Gasteiger partial charge in [0.2, 0.25) is 5.91 Å². The first-order valence-electron chi connectivity index (χ1n) is 8.47. The van der Waals surface area contributed by atoms with Gasteiger partial charge in [-0.1, -0.05) is 19.8 Å². The van der Waals surface area contributed by atoms with Crippen molar-refractivity contribution in [1.29, 1.82) is 0 Å². The van der Waals surface area contributed by atoms with Crippen LogP contribution in [0.3, 0.4) is 0 Å². The van der Waals surface area contributed by atoms with Crippen LogP contribution in [0.5, 0.6) is 0 Å². The Hall–Kier alpha value is -2.35. The summed E-state index contributed by atoms with van der Waals surface area (Å²) in [7, 11) is 0. The molecule has 2 amide bonds. The zero-order chi connectivity index (χ0) is 18.1. The van der Waals surface area contributed by atoms with Gasteiger partial charge in [-0.05, 0) is 50.0 Å². The van der Waals surface area contributed by atoms with Gasteiger partial charge in [-0.2, -0.15) is 5.10 Å². The lowest BCUT2D eigenvalue weighted by Crippen LogP contribution is -2.29. The van der Waals surface area contributed by atoms with E-state index < -0.39 is 0 Å². The Morgan fingerprint density at radius 1 is 1.32 bits per heavy atom. The van der Waals surface area contributed by atoms with Gasteiger partial charge in [0, 0.05) is 23.7 Å². The largest absolute Gasteiger partial charge is 0.351 e. The molecule has 0 aromatic carbocycles. The minimum Gasteiger partial charge on any atom is -0.351 e. The Morgan fingerprint density at radius 3 is 2.72 bits per heavy atom. The number of carbonyl (C=O) groups excluding carboxylic acids is 2. The SMILES string of the molecule is CCCCC/C(CC[C@@H]1NC(=S)NC1=O)=N/NC(=O)c1ccncc1. The molecule has 0 bridgehead atoms. The summed E-state index contributed by atoms with van der Waals surface area (Å²) in [6, 6.07) is 2.93. The normalized spacial score (nSPS) is 17.2. The highest BCUT2D eigenvalue weighted by Crippen LogP contribution is 2.09. The van der Waals surface area contributed by atoms with Gasteiger partial charge in [0.25, 0.3) is 5.91 Å². The third kappa shape index (κ3) is 6.22. The van der Waals surface area contributed by atoms with Gasteiger partial charge in [-0.3, -0.25) is 14.6 Å². The van der Waals surface area contributed by atoms with Gasteiger partial charge < -0.3 is 10.6 Å². The molecule has 0 spiro atoms. The number of amides is 2. The summed E-state index contributed by atoms with van der Waals surface area (Å²) in [5.74, 6) is -0.382. The number of hydrogen-bond donors (Lipinski definition) is 3. The maximum absolute atomic E-state index is 12.1.